The first-order valence-electron chi connectivity index (χ1n) is 7.03. The highest BCUT2D eigenvalue weighted by molar-refractivity contribution is 5.07. The van der Waals surface area contributed by atoms with Gasteiger partial charge in [-0.1, -0.05) is 38.2 Å². The second-order valence-electron chi connectivity index (χ2n) is 5.18. The number of nitrogens with zero attached hydrogens (tertiary/aromatic N) is 1. The Balaban J connectivity index is 1.86. The summed E-state index contributed by atoms with van der Waals surface area (Å²) in [5, 5.41) is 3.74. The van der Waals surface area contributed by atoms with E-state index in [2.05, 4.69) is 29.4 Å². The van der Waals surface area contributed by atoms with E-state index in [1.807, 2.05) is 12.3 Å². The van der Waals surface area contributed by atoms with E-state index in [1.54, 1.807) is 0 Å². The van der Waals surface area contributed by atoms with E-state index >= 15 is 0 Å². The van der Waals surface area contributed by atoms with Gasteiger partial charge in [0, 0.05) is 18.3 Å². The van der Waals surface area contributed by atoms with Gasteiger partial charge < -0.3 is 5.32 Å². The smallest absolute Gasteiger partial charge is 0.0570 e. The molecule has 1 atom stereocenters. The van der Waals surface area contributed by atoms with Crippen LogP contribution in [0.3, 0.4) is 0 Å². The van der Waals surface area contributed by atoms with Crippen molar-refractivity contribution < 1.29 is 0 Å². The van der Waals surface area contributed by atoms with Crippen molar-refractivity contribution in [1.82, 2.24) is 10.3 Å². The fourth-order valence-corrected chi connectivity index (χ4v) is 2.69. The third kappa shape index (κ3) is 4.12. The van der Waals surface area contributed by atoms with E-state index in [0.717, 1.165) is 5.69 Å². The summed E-state index contributed by atoms with van der Waals surface area (Å²) < 4.78 is 0. The molecule has 0 aliphatic heterocycles. The quantitative estimate of drug-likeness (QED) is 0.856. The molecule has 1 heterocycles. The minimum Gasteiger partial charge on any atom is -0.306 e. The Labute approximate surface area is 105 Å². The highest BCUT2D eigenvalue weighted by Gasteiger charge is 2.15. The van der Waals surface area contributed by atoms with Gasteiger partial charge in [0.05, 0.1) is 5.69 Å². The average Bonchev–Trinajstić information content (AvgIpc) is 2.33. The molecule has 0 bridgehead atoms. The van der Waals surface area contributed by atoms with Gasteiger partial charge in [0.25, 0.3) is 0 Å². The van der Waals surface area contributed by atoms with Crippen LogP contribution in [0, 0.1) is 0 Å². The lowest BCUT2D eigenvalue weighted by atomic mass is 9.96. The van der Waals surface area contributed by atoms with Crippen LogP contribution in [0.15, 0.2) is 24.4 Å². The molecular weight excluding hydrogens is 208 g/mol. The van der Waals surface area contributed by atoms with Crippen LogP contribution in [0.2, 0.25) is 0 Å². The van der Waals surface area contributed by atoms with Gasteiger partial charge in [0.15, 0.2) is 0 Å². The largest absolute Gasteiger partial charge is 0.306 e. The van der Waals surface area contributed by atoms with E-state index in [-0.39, 0.29) is 0 Å². The maximum Gasteiger partial charge on any atom is 0.0570 e. The first kappa shape index (κ1) is 12.6. The fraction of sp³-hybridized carbons (Fsp3) is 0.667. The van der Waals surface area contributed by atoms with Crippen LogP contribution in [-0.2, 0) is 0 Å². The molecule has 1 saturated carbocycles. The van der Waals surface area contributed by atoms with Gasteiger partial charge in [-0.15, -0.1) is 0 Å². The van der Waals surface area contributed by atoms with Crippen LogP contribution in [0.5, 0.6) is 0 Å². The zero-order valence-corrected chi connectivity index (χ0v) is 10.9. The molecule has 2 heteroatoms. The van der Waals surface area contributed by atoms with Crippen molar-refractivity contribution in [1.29, 1.82) is 0 Å². The van der Waals surface area contributed by atoms with Gasteiger partial charge in [-0.3, -0.25) is 4.98 Å². The zero-order valence-electron chi connectivity index (χ0n) is 10.9. The van der Waals surface area contributed by atoms with Crippen LogP contribution in [0.4, 0.5) is 0 Å². The third-order valence-electron chi connectivity index (χ3n) is 3.72. The molecule has 1 aromatic rings. The highest BCUT2D eigenvalue weighted by atomic mass is 15.0. The second-order valence-corrected chi connectivity index (χ2v) is 5.18. The average molecular weight is 232 g/mol. The van der Waals surface area contributed by atoms with E-state index in [1.165, 1.54) is 44.9 Å². The van der Waals surface area contributed by atoms with Crippen LogP contribution < -0.4 is 5.32 Å². The summed E-state index contributed by atoms with van der Waals surface area (Å²) in [6.07, 6.45) is 11.6. The van der Waals surface area contributed by atoms with Gasteiger partial charge in [-0.2, -0.15) is 0 Å². The first-order valence-corrected chi connectivity index (χ1v) is 7.03. The Morgan fingerprint density at radius 2 is 1.82 bits per heavy atom. The fourth-order valence-electron chi connectivity index (χ4n) is 2.69. The molecule has 0 aromatic carbocycles. The van der Waals surface area contributed by atoms with Crippen LogP contribution in [0.25, 0.3) is 0 Å². The number of hydrogen-bond donors (Lipinski definition) is 1. The Kier molecular flexibility index (Phi) is 4.99. The molecule has 1 aromatic heterocycles. The predicted octanol–water partition coefficient (Wildman–Crippen LogP) is 3.85. The Morgan fingerprint density at radius 3 is 2.47 bits per heavy atom. The van der Waals surface area contributed by atoms with Gasteiger partial charge in [0.1, 0.15) is 0 Å². The molecule has 2 rings (SSSR count). The molecule has 0 radical (unpaired) electrons. The summed E-state index contributed by atoms with van der Waals surface area (Å²) in [4.78, 5) is 4.42. The van der Waals surface area contributed by atoms with Gasteiger partial charge in [-0.05, 0) is 31.9 Å². The molecule has 1 fully saturated rings. The number of pyridine rings is 1. The summed E-state index contributed by atoms with van der Waals surface area (Å²) >= 11 is 0. The SMILES string of the molecule is C[C@@H](NC1CCCCCCC1)c1ccccn1. The third-order valence-corrected chi connectivity index (χ3v) is 3.72. The number of aromatic nitrogens is 1. The number of rotatable bonds is 3. The van der Waals surface area contributed by atoms with E-state index in [4.69, 9.17) is 0 Å². The summed E-state index contributed by atoms with van der Waals surface area (Å²) in [6.45, 7) is 2.22. The Hall–Kier alpha value is -0.890. The highest BCUT2D eigenvalue weighted by Crippen LogP contribution is 2.19. The second kappa shape index (κ2) is 6.75. The van der Waals surface area contributed by atoms with E-state index in [0.29, 0.717) is 12.1 Å². The summed E-state index contributed by atoms with van der Waals surface area (Å²) in [6, 6.07) is 7.22. The molecular formula is C15H24N2. The molecule has 0 spiro atoms. The molecule has 1 aliphatic carbocycles. The summed E-state index contributed by atoms with van der Waals surface area (Å²) in [5.74, 6) is 0. The van der Waals surface area contributed by atoms with Crippen molar-refractivity contribution in [3.63, 3.8) is 0 Å². The molecule has 0 saturated heterocycles. The van der Waals surface area contributed by atoms with Crippen molar-refractivity contribution in [2.75, 3.05) is 0 Å². The molecule has 2 nitrogen and oxygen atoms in total. The van der Waals surface area contributed by atoms with Crippen LogP contribution in [-0.4, -0.2) is 11.0 Å². The summed E-state index contributed by atoms with van der Waals surface area (Å²) in [5.41, 5.74) is 1.16. The topological polar surface area (TPSA) is 24.9 Å². The van der Waals surface area contributed by atoms with E-state index in [9.17, 15) is 0 Å². The molecule has 1 N–H and O–H groups in total. The van der Waals surface area contributed by atoms with Crippen molar-refractivity contribution >= 4 is 0 Å². The van der Waals surface area contributed by atoms with Gasteiger partial charge in [-0.25, -0.2) is 0 Å². The van der Waals surface area contributed by atoms with Crippen molar-refractivity contribution in [2.45, 2.75) is 64.0 Å². The predicted molar refractivity (Wildman–Crippen MR) is 71.9 cm³/mol. The minimum atomic E-state index is 0.376. The maximum absolute atomic E-state index is 4.42. The minimum absolute atomic E-state index is 0.376. The lowest BCUT2D eigenvalue weighted by molar-refractivity contribution is 0.360. The summed E-state index contributed by atoms with van der Waals surface area (Å²) in [7, 11) is 0. The molecule has 94 valence electrons. The normalized spacial score (nSPS) is 20.5. The van der Waals surface area contributed by atoms with Crippen molar-refractivity contribution in [3.05, 3.63) is 30.1 Å². The van der Waals surface area contributed by atoms with Gasteiger partial charge >= 0.3 is 0 Å². The van der Waals surface area contributed by atoms with Gasteiger partial charge in [0.2, 0.25) is 0 Å². The number of nitrogens with one attached hydrogen (secondary N) is 1. The Bertz CT molecular complexity index is 302. The molecule has 17 heavy (non-hydrogen) atoms. The Morgan fingerprint density at radius 1 is 1.12 bits per heavy atom. The molecule has 0 amide bonds. The lowest BCUT2D eigenvalue weighted by Gasteiger charge is -2.24. The monoisotopic (exact) mass is 232 g/mol. The lowest BCUT2D eigenvalue weighted by Crippen LogP contribution is -2.32. The number of hydrogen-bond acceptors (Lipinski definition) is 2. The van der Waals surface area contributed by atoms with Crippen molar-refractivity contribution in [3.8, 4) is 0 Å². The standard InChI is InChI=1S/C15H24N2/c1-13(15-11-7-8-12-16-15)17-14-9-5-3-2-4-6-10-14/h7-8,11-14,17H,2-6,9-10H2,1H3/t13-/m1/s1. The zero-order chi connectivity index (χ0) is 11.9. The van der Waals surface area contributed by atoms with Crippen LogP contribution in [0.1, 0.15) is 63.6 Å². The molecule has 1 aliphatic rings. The maximum atomic E-state index is 4.42. The first-order chi connectivity index (χ1) is 8.36. The molecule has 0 unspecified atom stereocenters. The van der Waals surface area contributed by atoms with E-state index < -0.39 is 0 Å². The van der Waals surface area contributed by atoms with Crippen molar-refractivity contribution in [2.24, 2.45) is 0 Å². The van der Waals surface area contributed by atoms with Crippen LogP contribution >= 0.6 is 0 Å².